The van der Waals surface area contributed by atoms with Crippen LogP contribution >= 0.6 is 0 Å². The van der Waals surface area contributed by atoms with E-state index in [4.69, 9.17) is 4.74 Å². The van der Waals surface area contributed by atoms with Gasteiger partial charge in [-0.15, -0.1) is 0 Å². The van der Waals surface area contributed by atoms with Crippen LogP contribution in [0.15, 0.2) is 0 Å². The summed E-state index contributed by atoms with van der Waals surface area (Å²) < 4.78 is 5.51. The Bertz CT molecular complexity index is 425. The monoisotopic (exact) mass is 363 g/mol. The molecule has 0 aromatic rings. The smallest absolute Gasteiger partial charge is 0.0582 e. The molecule has 4 nitrogen and oxygen atoms in total. The highest BCUT2D eigenvalue weighted by molar-refractivity contribution is 4.98. The average molecular weight is 364 g/mol. The zero-order valence-electron chi connectivity index (χ0n) is 17.3. The molecule has 4 aliphatic rings. The largest absolute Gasteiger partial charge is 0.381 e. The summed E-state index contributed by atoms with van der Waals surface area (Å²) in [6.45, 7) is 10.7. The van der Waals surface area contributed by atoms with Crippen LogP contribution in [0.2, 0.25) is 0 Å². The van der Waals surface area contributed by atoms with Crippen LogP contribution in [0.5, 0.6) is 0 Å². The highest BCUT2D eigenvalue weighted by Crippen LogP contribution is 2.50. The summed E-state index contributed by atoms with van der Waals surface area (Å²) in [4.78, 5) is 8.05. The predicted octanol–water partition coefficient (Wildman–Crippen LogP) is 2.93. The fraction of sp³-hybridized carbons (Fsp3) is 1.00. The molecule has 1 spiro atoms. The third-order valence-corrected chi connectivity index (χ3v) is 8.15. The topological polar surface area (TPSA) is 19.0 Å². The molecule has 3 heterocycles. The van der Waals surface area contributed by atoms with Crippen LogP contribution in [0, 0.1) is 17.3 Å². The summed E-state index contributed by atoms with van der Waals surface area (Å²) in [7, 11) is 4.15. The van der Waals surface area contributed by atoms with Crippen LogP contribution in [0.4, 0.5) is 0 Å². The number of nitrogens with zero attached hydrogens (tertiary/aromatic N) is 3. The number of ether oxygens (including phenoxy) is 1. The molecule has 0 amide bonds. The minimum Gasteiger partial charge on any atom is -0.381 e. The van der Waals surface area contributed by atoms with Crippen LogP contribution in [0.3, 0.4) is 0 Å². The fourth-order valence-corrected chi connectivity index (χ4v) is 6.02. The van der Waals surface area contributed by atoms with Crippen LogP contribution in [-0.4, -0.2) is 87.3 Å². The van der Waals surface area contributed by atoms with E-state index in [1.54, 1.807) is 0 Å². The Morgan fingerprint density at radius 2 is 1.27 bits per heavy atom. The zero-order valence-corrected chi connectivity index (χ0v) is 17.3. The third-order valence-electron chi connectivity index (χ3n) is 8.15. The third kappa shape index (κ3) is 4.63. The Labute approximate surface area is 161 Å². The fourth-order valence-electron chi connectivity index (χ4n) is 6.02. The second-order valence-electron chi connectivity index (χ2n) is 10.1. The van der Waals surface area contributed by atoms with Gasteiger partial charge < -0.3 is 19.4 Å². The van der Waals surface area contributed by atoms with Crippen LogP contribution in [0.1, 0.15) is 51.4 Å². The second-order valence-corrected chi connectivity index (χ2v) is 10.1. The van der Waals surface area contributed by atoms with E-state index in [1.165, 1.54) is 104 Å². The Morgan fingerprint density at radius 3 is 1.81 bits per heavy atom. The SMILES string of the molecule is COC1CC2(CCN(CC3CCN(CC4CCN(C)CC4)CC3)CC2)C1. The first-order valence-electron chi connectivity index (χ1n) is 11.3. The van der Waals surface area contributed by atoms with Gasteiger partial charge in [0.25, 0.3) is 0 Å². The maximum Gasteiger partial charge on any atom is 0.0582 e. The van der Waals surface area contributed by atoms with Gasteiger partial charge in [-0.3, -0.25) is 0 Å². The molecule has 0 unspecified atom stereocenters. The minimum atomic E-state index is 0.565. The first-order chi connectivity index (χ1) is 12.6. The van der Waals surface area contributed by atoms with Crippen LogP contribution in [-0.2, 0) is 4.74 Å². The maximum absolute atomic E-state index is 5.51. The van der Waals surface area contributed by atoms with Gasteiger partial charge in [-0.2, -0.15) is 0 Å². The lowest BCUT2D eigenvalue weighted by Gasteiger charge is -2.52. The standard InChI is InChI=1S/C22H41N3O/c1-23-9-3-19(4-10-23)17-24-11-5-20(6-12-24)18-25-13-7-22(8-14-25)15-21(16-22)26-2/h19-21H,3-18H2,1-2H3. The van der Waals surface area contributed by atoms with Gasteiger partial charge in [0, 0.05) is 20.2 Å². The molecule has 150 valence electrons. The number of likely N-dealkylation sites (tertiary alicyclic amines) is 3. The Hall–Kier alpha value is -0.160. The van der Waals surface area contributed by atoms with Gasteiger partial charge in [0.05, 0.1) is 6.10 Å². The summed E-state index contributed by atoms with van der Waals surface area (Å²) in [6.07, 6.45) is 11.7. The van der Waals surface area contributed by atoms with E-state index in [1.807, 2.05) is 7.11 Å². The Kier molecular flexibility index (Phi) is 6.24. The van der Waals surface area contributed by atoms with E-state index in [0.29, 0.717) is 11.5 Å². The highest BCUT2D eigenvalue weighted by atomic mass is 16.5. The normalized spacial score (nSPS) is 30.7. The summed E-state index contributed by atoms with van der Waals surface area (Å²) in [5.41, 5.74) is 0.661. The van der Waals surface area contributed by atoms with Crippen molar-refractivity contribution in [3.05, 3.63) is 0 Å². The number of rotatable bonds is 5. The molecule has 0 N–H and O–H groups in total. The Morgan fingerprint density at radius 1 is 0.769 bits per heavy atom. The van der Waals surface area contributed by atoms with E-state index < -0.39 is 0 Å². The second kappa shape index (κ2) is 8.46. The van der Waals surface area contributed by atoms with Crippen molar-refractivity contribution in [3.8, 4) is 0 Å². The molecule has 4 fully saturated rings. The van der Waals surface area contributed by atoms with Crippen molar-refractivity contribution in [2.75, 3.05) is 66.5 Å². The van der Waals surface area contributed by atoms with E-state index >= 15 is 0 Å². The van der Waals surface area contributed by atoms with Crippen molar-refractivity contribution in [1.29, 1.82) is 0 Å². The molecule has 3 saturated heterocycles. The summed E-state index contributed by atoms with van der Waals surface area (Å²) in [6, 6.07) is 0. The summed E-state index contributed by atoms with van der Waals surface area (Å²) >= 11 is 0. The van der Waals surface area contributed by atoms with Crippen LogP contribution < -0.4 is 0 Å². The van der Waals surface area contributed by atoms with Gasteiger partial charge in [-0.25, -0.2) is 0 Å². The highest BCUT2D eigenvalue weighted by Gasteiger charge is 2.46. The van der Waals surface area contributed by atoms with Crippen LogP contribution in [0.25, 0.3) is 0 Å². The van der Waals surface area contributed by atoms with Crippen molar-refractivity contribution in [1.82, 2.24) is 14.7 Å². The van der Waals surface area contributed by atoms with Gasteiger partial charge in [0.2, 0.25) is 0 Å². The van der Waals surface area contributed by atoms with Crippen molar-refractivity contribution >= 4 is 0 Å². The van der Waals surface area contributed by atoms with Crippen molar-refractivity contribution in [3.63, 3.8) is 0 Å². The zero-order chi connectivity index (χ0) is 18.0. The van der Waals surface area contributed by atoms with Gasteiger partial charge in [0.15, 0.2) is 0 Å². The molecule has 0 atom stereocenters. The first-order valence-corrected chi connectivity index (χ1v) is 11.3. The molecule has 4 heteroatoms. The van der Waals surface area contributed by atoms with E-state index in [-0.39, 0.29) is 0 Å². The molecule has 1 aliphatic carbocycles. The molecule has 1 saturated carbocycles. The van der Waals surface area contributed by atoms with Gasteiger partial charge in [-0.05, 0) is 115 Å². The minimum absolute atomic E-state index is 0.565. The molecule has 4 rings (SSSR count). The van der Waals surface area contributed by atoms with Crippen molar-refractivity contribution in [2.45, 2.75) is 57.5 Å². The number of piperidine rings is 3. The van der Waals surface area contributed by atoms with E-state index in [0.717, 1.165) is 11.8 Å². The maximum atomic E-state index is 5.51. The van der Waals surface area contributed by atoms with Gasteiger partial charge in [0.1, 0.15) is 0 Å². The first kappa shape index (κ1) is 19.2. The molecule has 0 radical (unpaired) electrons. The average Bonchev–Trinajstić information content (AvgIpc) is 2.64. The Balaban J connectivity index is 1.12. The summed E-state index contributed by atoms with van der Waals surface area (Å²) in [5.74, 6) is 1.91. The molecule has 0 aromatic carbocycles. The molecular formula is C22H41N3O. The molecule has 26 heavy (non-hydrogen) atoms. The van der Waals surface area contributed by atoms with Crippen molar-refractivity contribution in [2.24, 2.45) is 17.3 Å². The number of hydrogen-bond acceptors (Lipinski definition) is 4. The predicted molar refractivity (Wildman–Crippen MR) is 108 cm³/mol. The molecule has 0 bridgehead atoms. The molecule has 3 aliphatic heterocycles. The van der Waals surface area contributed by atoms with Gasteiger partial charge in [-0.1, -0.05) is 0 Å². The van der Waals surface area contributed by atoms with Gasteiger partial charge >= 0.3 is 0 Å². The molecular weight excluding hydrogens is 322 g/mol. The molecule has 0 aromatic heterocycles. The number of hydrogen-bond donors (Lipinski definition) is 0. The lowest BCUT2D eigenvalue weighted by molar-refractivity contribution is -0.0893. The lowest BCUT2D eigenvalue weighted by Crippen LogP contribution is -2.51. The van der Waals surface area contributed by atoms with E-state index in [2.05, 4.69) is 21.7 Å². The lowest BCUT2D eigenvalue weighted by atomic mass is 9.61. The van der Waals surface area contributed by atoms with Crippen molar-refractivity contribution < 1.29 is 4.74 Å². The number of methoxy groups -OCH3 is 1. The van der Waals surface area contributed by atoms with E-state index in [9.17, 15) is 0 Å². The summed E-state index contributed by atoms with van der Waals surface area (Å²) in [5, 5.41) is 0. The quantitative estimate of drug-likeness (QED) is 0.747.